The van der Waals surface area contributed by atoms with Crippen LogP contribution in [0.2, 0.25) is 0 Å². The predicted octanol–water partition coefficient (Wildman–Crippen LogP) is 0.767. The Morgan fingerprint density at radius 1 is 1.06 bits per heavy atom. The molecule has 0 saturated carbocycles. The average Bonchev–Trinajstić information content (AvgIpc) is 2.35. The molecule has 18 heavy (non-hydrogen) atoms. The molecule has 0 aromatic rings. The molecule has 0 aliphatic heterocycles. The average molecular weight is 263 g/mol. The fourth-order valence-electron chi connectivity index (χ4n) is 0.765. The van der Waals surface area contributed by atoms with Crippen molar-refractivity contribution in [2.45, 2.75) is 20.3 Å². The molecule has 0 heterocycles. The van der Waals surface area contributed by atoms with E-state index in [1.807, 2.05) is 10.9 Å². The van der Waals surface area contributed by atoms with Gasteiger partial charge in [0, 0.05) is 0 Å². The maximum Gasteiger partial charge on any atom is 0.448 e. The topological polar surface area (TPSA) is 106 Å². The second kappa shape index (κ2) is 8.90. The summed E-state index contributed by atoms with van der Waals surface area (Å²) >= 11 is 0. The summed E-state index contributed by atoms with van der Waals surface area (Å²) in [6.07, 6.45) is -2.23. The maximum absolute atomic E-state index is 11.5. The third-order valence-electron chi connectivity index (χ3n) is 1.48. The van der Waals surface area contributed by atoms with Gasteiger partial charge in [0.15, 0.2) is 0 Å². The normalized spacial score (nSPS) is 9.06. The van der Waals surface area contributed by atoms with Gasteiger partial charge >= 0.3 is 18.3 Å². The van der Waals surface area contributed by atoms with Crippen LogP contribution >= 0.6 is 0 Å². The van der Waals surface area contributed by atoms with Gasteiger partial charge in [0.1, 0.15) is 0 Å². The summed E-state index contributed by atoms with van der Waals surface area (Å²) in [5.74, 6) is 0. The minimum atomic E-state index is -0.963. The zero-order valence-corrected chi connectivity index (χ0v) is 10.5. The van der Waals surface area contributed by atoms with Crippen LogP contribution in [0.5, 0.6) is 0 Å². The highest BCUT2D eigenvalue weighted by Crippen LogP contribution is 1.91. The molecule has 0 spiro atoms. The predicted molar refractivity (Wildman–Crippen MR) is 59.2 cm³/mol. The molecular formula is C9H17N3O6. The number of nitrogens with zero attached hydrogens (tertiary/aromatic N) is 1. The molecule has 0 rings (SSSR count). The van der Waals surface area contributed by atoms with Crippen molar-refractivity contribution in [3.05, 3.63) is 0 Å². The van der Waals surface area contributed by atoms with Gasteiger partial charge in [-0.2, -0.15) is 0 Å². The van der Waals surface area contributed by atoms with E-state index < -0.39 is 18.3 Å². The molecular weight excluding hydrogens is 246 g/mol. The number of hydrogen-bond acceptors (Lipinski definition) is 6. The summed E-state index contributed by atoms with van der Waals surface area (Å²) in [5, 5.41) is 0.444. The van der Waals surface area contributed by atoms with Crippen LogP contribution in [-0.2, 0) is 14.2 Å². The Bertz CT molecular complexity index is 296. The summed E-state index contributed by atoms with van der Waals surface area (Å²) in [4.78, 5) is 33.5. The van der Waals surface area contributed by atoms with E-state index in [1.165, 1.54) is 0 Å². The van der Waals surface area contributed by atoms with E-state index in [0.717, 1.165) is 7.11 Å². The molecule has 0 atom stereocenters. The SMILES string of the molecule is CCCOC(=O)N(NC(=O)OC)NC(=O)OCC. The number of carbonyl (C=O) groups excluding carboxylic acids is 3. The van der Waals surface area contributed by atoms with Crippen LogP contribution in [0.15, 0.2) is 0 Å². The van der Waals surface area contributed by atoms with Crippen molar-refractivity contribution < 1.29 is 28.6 Å². The first-order valence-corrected chi connectivity index (χ1v) is 5.30. The maximum atomic E-state index is 11.5. The van der Waals surface area contributed by atoms with Crippen molar-refractivity contribution in [2.24, 2.45) is 0 Å². The van der Waals surface area contributed by atoms with Crippen LogP contribution in [0.25, 0.3) is 0 Å². The number of ether oxygens (including phenoxy) is 3. The fourth-order valence-corrected chi connectivity index (χ4v) is 0.765. The number of methoxy groups -OCH3 is 1. The lowest BCUT2D eigenvalue weighted by atomic mass is 10.5. The summed E-state index contributed by atoms with van der Waals surface area (Å²) in [6, 6.07) is 0. The first kappa shape index (κ1) is 15.8. The monoisotopic (exact) mass is 263 g/mol. The molecule has 0 aromatic carbocycles. The Hall–Kier alpha value is -2.19. The van der Waals surface area contributed by atoms with Crippen molar-refractivity contribution in [1.82, 2.24) is 16.0 Å². The van der Waals surface area contributed by atoms with E-state index in [9.17, 15) is 14.4 Å². The van der Waals surface area contributed by atoms with Gasteiger partial charge in [-0.25, -0.2) is 25.2 Å². The zero-order valence-electron chi connectivity index (χ0n) is 10.5. The molecule has 9 heteroatoms. The smallest absolute Gasteiger partial charge is 0.448 e. The molecule has 0 saturated heterocycles. The van der Waals surface area contributed by atoms with Crippen LogP contribution in [0.4, 0.5) is 14.4 Å². The van der Waals surface area contributed by atoms with Crippen molar-refractivity contribution in [3.63, 3.8) is 0 Å². The van der Waals surface area contributed by atoms with Gasteiger partial charge in [-0.3, -0.25) is 0 Å². The number of hydrazine groups is 2. The van der Waals surface area contributed by atoms with E-state index in [0.29, 0.717) is 11.5 Å². The largest absolute Gasteiger partial charge is 0.452 e. The second-order valence-corrected chi connectivity index (χ2v) is 2.89. The van der Waals surface area contributed by atoms with Gasteiger partial charge in [-0.15, -0.1) is 5.12 Å². The summed E-state index contributed by atoms with van der Waals surface area (Å²) < 4.78 is 13.6. The summed E-state index contributed by atoms with van der Waals surface area (Å²) in [6.45, 7) is 3.64. The number of carbonyl (C=O) groups is 3. The van der Waals surface area contributed by atoms with Crippen LogP contribution in [0.3, 0.4) is 0 Å². The molecule has 9 nitrogen and oxygen atoms in total. The van der Waals surface area contributed by atoms with Gasteiger partial charge in [-0.05, 0) is 13.3 Å². The first-order chi connectivity index (χ1) is 8.54. The number of hydrogen-bond donors (Lipinski definition) is 2. The van der Waals surface area contributed by atoms with Gasteiger partial charge in [-0.1, -0.05) is 6.92 Å². The molecule has 0 aliphatic carbocycles. The summed E-state index contributed by atoms with van der Waals surface area (Å²) in [5.41, 5.74) is 3.93. The Labute approximate surface area is 104 Å². The van der Waals surface area contributed by atoms with E-state index >= 15 is 0 Å². The molecule has 0 fully saturated rings. The van der Waals surface area contributed by atoms with E-state index in [1.54, 1.807) is 13.8 Å². The highest BCUT2D eigenvalue weighted by molar-refractivity contribution is 5.77. The number of nitrogens with one attached hydrogen (secondary N) is 2. The number of rotatable bonds is 3. The lowest BCUT2D eigenvalue weighted by Crippen LogP contribution is -2.56. The Kier molecular flexibility index (Phi) is 7.82. The lowest BCUT2D eigenvalue weighted by molar-refractivity contribution is 0.0457. The standard InChI is InChI=1S/C9H17N3O6/c1-4-6-18-9(15)12(10-7(13)16-3)11-8(14)17-5-2/h4-6H2,1-3H3,(H,10,13)(H,11,14). The Morgan fingerprint density at radius 2 is 1.67 bits per heavy atom. The van der Waals surface area contributed by atoms with Crippen LogP contribution in [0.1, 0.15) is 20.3 Å². The molecule has 3 amide bonds. The third-order valence-corrected chi connectivity index (χ3v) is 1.48. The van der Waals surface area contributed by atoms with Gasteiger partial charge in [0.05, 0.1) is 20.3 Å². The highest BCUT2D eigenvalue weighted by atomic mass is 16.6. The van der Waals surface area contributed by atoms with Crippen LogP contribution < -0.4 is 10.9 Å². The molecule has 0 aliphatic rings. The second-order valence-electron chi connectivity index (χ2n) is 2.89. The fraction of sp³-hybridized carbons (Fsp3) is 0.667. The van der Waals surface area contributed by atoms with E-state index in [2.05, 4.69) is 9.47 Å². The Balaban J connectivity index is 4.45. The van der Waals surface area contributed by atoms with Crippen molar-refractivity contribution >= 4 is 18.3 Å². The molecule has 104 valence electrons. The van der Waals surface area contributed by atoms with Gasteiger partial charge in [0.2, 0.25) is 0 Å². The number of amides is 3. The van der Waals surface area contributed by atoms with Crippen LogP contribution in [0, 0.1) is 0 Å². The van der Waals surface area contributed by atoms with Crippen molar-refractivity contribution in [1.29, 1.82) is 0 Å². The van der Waals surface area contributed by atoms with E-state index in [4.69, 9.17) is 4.74 Å². The van der Waals surface area contributed by atoms with Gasteiger partial charge in [0.25, 0.3) is 0 Å². The molecule has 0 bridgehead atoms. The van der Waals surface area contributed by atoms with Crippen LogP contribution in [-0.4, -0.2) is 43.7 Å². The van der Waals surface area contributed by atoms with Crippen molar-refractivity contribution in [2.75, 3.05) is 20.3 Å². The lowest BCUT2D eigenvalue weighted by Gasteiger charge is -2.21. The minimum Gasteiger partial charge on any atom is -0.452 e. The zero-order chi connectivity index (χ0) is 14.0. The Morgan fingerprint density at radius 3 is 2.17 bits per heavy atom. The third kappa shape index (κ3) is 6.40. The summed E-state index contributed by atoms with van der Waals surface area (Å²) in [7, 11) is 1.11. The minimum absolute atomic E-state index is 0.113. The quantitative estimate of drug-likeness (QED) is 0.575. The highest BCUT2D eigenvalue weighted by Gasteiger charge is 2.21. The van der Waals surface area contributed by atoms with Gasteiger partial charge < -0.3 is 14.2 Å². The van der Waals surface area contributed by atoms with E-state index in [-0.39, 0.29) is 13.2 Å². The first-order valence-electron chi connectivity index (χ1n) is 5.30. The molecule has 2 N–H and O–H groups in total. The molecule has 0 radical (unpaired) electrons. The van der Waals surface area contributed by atoms with Crippen molar-refractivity contribution in [3.8, 4) is 0 Å². The molecule has 0 aromatic heterocycles. The molecule has 0 unspecified atom stereocenters.